The van der Waals surface area contributed by atoms with Crippen LogP contribution in [-0.2, 0) is 19.5 Å². The first-order chi connectivity index (χ1) is 60.1. The van der Waals surface area contributed by atoms with Crippen LogP contribution in [0.3, 0.4) is 0 Å². The van der Waals surface area contributed by atoms with Gasteiger partial charge in [0, 0.05) is 41.6 Å². The summed E-state index contributed by atoms with van der Waals surface area (Å²) in [6.45, 7) is 3.96. The number of nitriles is 1. The molecule has 0 spiro atoms. The van der Waals surface area contributed by atoms with E-state index < -0.39 is 31.8 Å². The Morgan fingerprint density at radius 3 is 1.09 bits per heavy atom. The molecule has 0 fully saturated rings. The third-order valence-electron chi connectivity index (χ3n) is 21.0. The SMILES string of the molecule is Cc1ccc2cccc([O][Al][O]c3ccc(-c4ccccc4)cc3)c2n1.Cc1ccc2cccc([O][Al][O]c3ccc4cc(-c5ccccc5)ccc4c3)c2n1.N#Cc1cc(-c2ccc(-c3cccc(-c4ccc(-c5ccccc5)cc4)c3)cc2)cc(-c2cccc(-c3ccc(-c4ccccc4)cc3)c2)c1.Oc1ccccc1-c1nc2ccccc2s1.[Zn]. The van der Waals surface area contributed by atoms with Crippen molar-refractivity contribution in [3.05, 3.63) is 448 Å². The quantitative estimate of drug-likeness (QED) is 0.0838. The minimum absolute atomic E-state index is 0. The number of benzene rings is 17. The standard InChI is InChI=1S/C49H33N.C16H12O.C13H9NOS.C12H10O.2C10H9NO.2Al.Zn/c50-34-35-29-48(33-49(30-35)47-16-8-15-46(32-47)41-23-19-39(20-24-41)37-11-5-2-6-12-37)43-27-25-42(26-28-43)45-14-7-13-44(31-45)40-21-17-38(18-22-40)36-9-3-1-4-10-36;17-16-9-8-14-10-13(6-7-15(14)11-16)12-4-2-1-3-5-12;15-11-7-3-1-5-9(11)13-14-10-6-2-4-8-12(10)16-13;13-12-8-6-11(7-9-12)10-4-2-1-3-5-10;2*1-7-5-6-8-3-2-4-9(12)10(8)11-7;;;/h1-33H;1-11,17H;1-8,15H;1-9,13H;2*2-6,12H,1H3;;;/q;;;;;;2*+2;/p-4. The summed E-state index contributed by atoms with van der Waals surface area (Å²) < 4.78 is 24.8. The molecule has 20 rings (SSSR count). The third kappa shape index (κ3) is 20.7. The molecule has 0 bridgehead atoms. The monoisotopic (exact) mass is 1680 g/mol. The zero-order valence-corrected chi connectivity index (χ0v) is 73.7. The van der Waals surface area contributed by atoms with Gasteiger partial charge >= 0.3 is 31.8 Å². The van der Waals surface area contributed by atoms with Crippen LogP contribution in [0.5, 0.6) is 28.7 Å². The van der Waals surface area contributed by atoms with Crippen molar-refractivity contribution < 1.29 is 39.7 Å². The number of aryl methyl sites for hydroxylation is 2. The van der Waals surface area contributed by atoms with Crippen LogP contribution in [0.2, 0.25) is 0 Å². The number of phenolic OH excluding ortho intramolecular Hbond substituents is 1. The molecule has 20 aromatic rings. The molecule has 0 aliphatic carbocycles. The number of nitrogens with zero attached hydrogens (tertiary/aromatic N) is 4. The zero-order valence-electron chi connectivity index (χ0n) is 67.6. The number of phenols is 1. The van der Waals surface area contributed by atoms with Gasteiger partial charge < -0.3 is 20.3 Å². The van der Waals surface area contributed by atoms with Crippen molar-refractivity contribution in [2.24, 2.45) is 0 Å². The van der Waals surface area contributed by atoms with Crippen LogP contribution in [0.1, 0.15) is 17.0 Å². The first kappa shape index (κ1) is 82.6. The molecule has 3 aromatic heterocycles. The van der Waals surface area contributed by atoms with Gasteiger partial charge in [0.05, 0.1) is 38.9 Å². The largest absolute Gasteiger partial charge is 0.881 e. The zero-order chi connectivity index (χ0) is 82.8. The topological polar surface area (TPSA) is 120 Å². The van der Waals surface area contributed by atoms with E-state index >= 15 is 0 Å². The summed E-state index contributed by atoms with van der Waals surface area (Å²) >= 11 is 0.234. The maximum atomic E-state index is 9.97. The summed E-state index contributed by atoms with van der Waals surface area (Å²) in [7, 11) is 0. The fourth-order valence-electron chi connectivity index (χ4n) is 14.6. The fraction of sp³-hybridized carbons (Fsp3) is 0.0182. The van der Waals surface area contributed by atoms with Gasteiger partial charge in [0.2, 0.25) is 0 Å². The maximum absolute atomic E-state index is 9.97. The van der Waals surface area contributed by atoms with Crippen LogP contribution in [-0.4, -0.2) is 51.8 Å². The molecule has 3 heterocycles. The molecule has 2 radical (unpaired) electrons. The molecule has 0 amide bonds. The van der Waals surface area contributed by atoms with Crippen molar-refractivity contribution >= 4 is 85.9 Å². The normalized spacial score (nSPS) is 10.6. The van der Waals surface area contributed by atoms with Gasteiger partial charge in [-0.2, -0.15) is 5.26 Å². The summed E-state index contributed by atoms with van der Waals surface area (Å²) in [6, 6.07) is 150. The molecule has 1 N–H and O–H groups in total. The molecule has 582 valence electrons. The molecule has 0 unspecified atom stereocenters. The van der Waals surface area contributed by atoms with Crippen molar-refractivity contribution in [1.82, 2.24) is 15.0 Å². The number of rotatable bonds is 18. The Morgan fingerprint density at radius 1 is 0.276 bits per heavy atom. The minimum atomic E-state index is -0.694. The van der Waals surface area contributed by atoms with Crippen molar-refractivity contribution in [1.29, 1.82) is 5.26 Å². The number of aromatic hydroxyl groups is 1. The van der Waals surface area contributed by atoms with E-state index in [4.69, 9.17) is 15.2 Å². The van der Waals surface area contributed by atoms with Gasteiger partial charge in [0.25, 0.3) is 0 Å². The number of hydrogen-bond acceptors (Lipinski definition) is 10. The molecule has 17 aromatic carbocycles. The number of fused-ring (bicyclic) bond motifs is 4. The van der Waals surface area contributed by atoms with E-state index in [2.05, 4.69) is 288 Å². The Morgan fingerprint density at radius 2 is 0.610 bits per heavy atom. The molecule has 13 heteroatoms. The maximum Gasteiger partial charge on any atom is 0.881 e. The Bertz CT molecular complexity index is 7010. The molecular weight excluding hydrogens is 1610 g/mol. The van der Waals surface area contributed by atoms with Crippen LogP contribution in [0.25, 0.3) is 154 Å². The van der Waals surface area contributed by atoms with E-state index in [9.17, 15) is 10.4 Å². The van der Waals surface area contributed by atoms with Gasteiger partial charge in [0.15, 0.2) is 0 Å². The number of aromatic nitrogens is 3. The van der Waals surface area contributed by atoms with E-state index in [1.165, 1.54) is 66.6 Å². The van der Waals surface area contributed by atoms with E-state index in [0.29, 0.717) is 5.56 Å². The number of thiazole rings is 1. The van der Waals surface area contributed by atoms with E-state index in [-0.39, 0.29) is 25.2 Å². The van der Waals surface area contributed by atoms with Crippen LogP contribution < -0.4 is 15.2 Å². The average Bonchev–Trinajstić information content (AvgIpc) is 1.17. The summed E-state index contributed by atoms with van der Waals surface area (Å²) in [4.78, 5) is 13.7. The van der Waals surface area contributed by atoms with Gasteiger partial charge in [-0.15, -0.1) is 11.3 Å². The van der Waals surface area contributed by atoms with Crippen LogP contribution in [0.4, 0.5) is 0 Å². The summed E-state index contributed by atoms with van der Waals surface area (Å²) in [5.74, 6) is 3.43. The second-order valence-corrected chi connectivity index (χ2v) is 31.6. The number of hydrogen-bond donors (Lipinski definition) is 1. The van der Waals surface area contributed by atoms with E-state index in [1.807, 2.05) is 172 Å². The molecule has 0 aliphatic heterocycles. The Labute approximate surface area is 746 Å². The second-order valence-electron chi connectivity index (χ2n) is 29.2. The first-order valence-electron chi connectivity index (χ1n) is 40.2. The molecule has 0 saturated heterocycles. The van der Waals surface area contributed by atoms with Gasteiger partial charge in [-0.3, -0.25) is 0 Å². The molecule has 0 atom stereocenters. The fourth-order valence-corrected chi connectivity index (χ4v) is 16.8. The van der Waals surface area contributed by atoms with Gasteiger partial charge in [0.1, 0.15) is 33.3 Å². The van der Waals surface area contributed by atoms with Crippen LogP contribution >= 0.6 is 11.3 Å². The van der Waals surface area contributed by atoms with Crippen LogP contribution in [0, 0.1) is 25.2 Å². The first-order valence-corrected chi connectivity index (χ1v) is 42.9. The average molecular weight is 1690 g/mol. The summed E-state index contributed by atoms with van der Waals surface area (Å²) in [5, 5.41) is 25.1. The Hall–Kier alpha value is -14.1. The number of para-hydroxylation sites is 4. The smallest absolute Gasteiger partial charge is 0.616 e. The van der Waals surface area contributed by atoms with Crippen molar-refractivity contribution in [2.75, 3.05) is 0 Å². The predicted molar refractivity (Wildman–Crippen MR) is 504 cm³/mol. The molecular formula is C110H78Al2N4O5SZn. The molecule has 123 heavy (non-hydrogen) atoms. The van der Waals surface area contributed by atoms with Gasteiger partial charge in [-0.05, 0) is 234 Å². The van der Waals surface area contributed by atoms with E-state index in [1.54, 1.807) is 17.4 Å². The molecule has 0 saturated carbocycles. The van der Waals surface area contributed by atoms with E-state index in [0.717, 1.165) is 121 Å². The Kier molecular flexibility index (Phi) is 26.8. The Balaban J connectivity index is 0.000000131. The van der Waals surface area contributed by atoms with Gasteiger partial charge in [-0.25, -0.2) is 15.0 Å². The van der Waals surface area contributed by atoms with Crippen molar-refractivity contribution in [3.63, 3.8) is 0 Å². The third-order valence-corrected chi connectivity index (χ3v) is 23.5. The second kappa shape index (κ2) is 39.8. The molecule has 9 nitrogen and oxygen atoms in total. The number of pyridine rings is 2. The summed E-state index contributed by atoms with van der Waals surface area (Å²) in [6.07, 6.45) is 0. The van der Waals surface area contributed by atoms with Gasteiger partial charge in [-0.1, -0.05) is 322 Å². The van der Waals surface area contributed by atoms with Crippen LogP contribution in [0.15, 0.2) is 431 Å². The summed E-state index contributed by atoms with van der Waals surface area (Å²) in [5.41, 5.74) is 27.0. The minimum Gasteiger partial charge on any atom is -0.616 e. The predicted octanol–water partition coefficient (Wildman–Crippen LogP) is 28.5. The van der Waals surface area contributed by atoms with Crippen molar-refractivity contribution in [3.8, 4) is 146 Å². The molecule has 0 aliphatic rings. The van der Waals surface area contributed by atoms with Crippen molar-refractivity contribution in [2.45, 2.75) is 13.8 Å².